The molecule has 0 radical (unpaired) electrons. The molecule has 0 atom stereocenters. The molecule has 28 heavy (non-hydrogen) atoms. The van der Waals surface area contributed by atoms with Gasteiger partial charge in [0.05, 0.1) is 4.90 Å². The molecule has 0 bridgehead atoms. The molecule has 7 nitrogen and oxygen atoms in total. The molecule has 1 heterocycles. The number of aryl methyl sites for hydroxylation is 1. The number of hydrogen-bond donors (Lipinski definition) is 1. The lowest BCUT2D eigenvalue weighted by Crippen LogP contribution is -2.22. The molecule has 1 aromatic heterocycles. The molecule has 0 saturated heterocycles. The number of carbonyl (C=O) groups is 1. The molecule has 2 aromatic carbocycles. The second kappa shape index (κ2) is 7.95. The number of aromatic nitrogens is 1. The van der Waals surface area contributed by atoms with Crippen LogP contribution in [0.3, 0.4) is 0 Å². The SMILES string of the molecule is CN(O)C(=O)CCc1nc(-c2ccc(S(C)(=O)=O)cc2)c(-c2ccccc2)o1. The fourth-order valence-electron chi connectivity index (χ4n) is 2.69. The third kappa shape index (κ3) is 4.47. The molecule has 8 heteroatoms. The predicted molar refractivity (Wildman–Crippen MR) is 103 cm³/mol. The van der Waals surface area contributed by atoms with Gasteiger partial charge in [0.25, 0.3) is 0 Å². The number of nitrogens with zero attached hydrogens (tertiary/aromatic N) is 2. The minimum atomic E-state index is -3.29. The molecule has 0 unspecified atom stereocenters. The van der Waals surface area contributed by atoms with Crippen LogP contribution in [-0.2, 0) is 21.1 Å². The third-order valence-corrected chi connectivity index (χ3v) is 5.31. The van der Waals surface area contributed by atoms with Gasteiger partial charge in [0.1, 0.15) is 5.69 Å². The van der Waals surface area contributed by atoms with Crippen LogP contribution in [0, 0.1) is 0 Å². The summed E-state index contributed by atoms with van der Waals surface area (Å²) in [6.45, 7) is 0. The first-order valence-corrected chi connectivity index (χ1v) is 10.5. The van der Waals surface area contributed by atoms with E-state index in [1.165, 1.54) is 19.2 Å². The second-order valence-electron chi connectivity index (χ2n) is 6.37. The zero-order chi connectivity index (χ0) is 20.3. The van der Waals surface area contributed by atoms with Crippen molar-refractivity contribution in [3.05, 3.63) is 60.5 Å². The summed E-state index contributed by atoms with van der Waals surface area (Å²) in [7, 11) is -2.03. The first-order valence-electron chi connectivity index (χ1n) is 8.57. The van der Waals surface area contributed by atoms with Gasteiger partial charge in [0.15, 0.2) is 21.5 Å². The lowest BCUT2D eigenvalue weighted by atomic mass is 10.1. The van der Waals surface area contributed by atoms with Gasteiger partial charge in [-0.2, -0.15) is 0 Å². The predicted octanol–water partition coefficient (Wildman–Crippen LogP) is 3.19. The molecule has 1 N–H and O–H groups in total. The maximum Gasteiger partial charge on any atom is 0.246 e. The molecule has 0 aliphatic rings. The summed E-state index contributed by atoms with van der Waals surface area (Å²) in [5.74, 6) is 0.447. The van der Waals surface area contributed by atoms with Crippen molar-refractivity contribution in [2.75, 3.05) is 13.3 Å². The highest BCUT2D eigenvalue weighted by molar-refractivity contribution is 7.90. The summed E-state index contributed by atoms with van der Waals surface area (Å²) in [4.78, 5) is 16.4. The summed E-state index contributed by atoms with van der Waals surface area (Å²) in [6.07, 6.45) is 1.43. The highest BCUT2D eigenvalue weighted by Crippen LogP contribution is 2.33. The van der Waals surface area contributed by atoms with Gasteiger partial charge >= 0.3 is 0 Å². The number of benzene rings is 2. The molecule has 0 aliphatic carbocycles. The van der Waals surface area contributed by atoms with E-state index in [0.717, 1.165) is 11.8 Å². The summed E-state index contributed by atoms with van der Waals surface area (Å²) >= 11 is 0. The molecule has 0 aliphatic heterocycles. The van der Waals surface area contributed by atoms with Crippen LogP contribution in [0.25, 0.3) is 22.6 Å². The standard InChI is InChI=1S/C20H20N2O5S/c1-22(24)18(23)13-12-17-21-19(20(27-17)15-6-4-3-5-7-15)14-8-10-16(11-9-14)28(2,25)26/h3-11,24H,12-13H2,1-2H3. The van der Waals surface area contributed by atoms with Gasteiger partial charge < -0.3 is 4.42 Å². The van der Waals surface area contributed by atoms with Crippen molar-refractivity contribution in [3.63, 3.8) is 0 Å². The van der Waals surface area contributed by atoms with Crippen LogP contribution in [0.2, 0.25) is 0 Å². The van der Waals surface area contributed by atoms with Gasteiger partial charge in [-0.25, -0.2) is 18.5 Å². The molecule has 0 saturated carbocycles. The molecule has 1 amide bonds. The second-order valence-corrected chi connectivity index (χ2v) is 8.38. The van der Waals surface area contributed by atoms with E-state index in [1.54, 1.807) is 12.1 Å². The molecule has 3 rings (SSSR count). The number of rotatable bonds is 6. The van der Waals surface area contributed by atoms with E-state index in [-0.39, 0.29) is 17.7 Å². The molecule has 3 aromatic rings. The van der Waals surface area contributed by atoms with E-state index < -0.39 is 15.7 Å². The maximum absolute atomic E-state index is 11.7. The molecule has 0 fully saturated rings. The molecule has 146 valence electrons. The average Bonchev–Trinajstić information content (AvgIpc) is 3.10. The summed E-state index contributed by atoms with van der Waals surface area (Å²) in [5.41, 5.74) is 2.08. The smallest absolute Gasteiger partial charge is 0.246 e. The number of carbonyl (C=O) groups excluding carboxylic acids is 1. The van der Waals surface area contributed by atoms with E-state index in [4.69, 9.17) is 4.42 Å². The van der Waals surface area contributed by atoms with E-state index in [0.29, 0.717) is 28.0 Å². The van der Waals surface area contributed by atoms with Crippen molar-refractivity contribution in [1.82, 2.24) is 10.0 Å². The van der Waals surface area contributed by atoms with Crippen LogP contribution in [0.4, 0.5) is 0 Å². The van der Waals surface area contributed by atoms with Crippen LogP contribution in [0.15, 0.2) is 63.9 Å². The Balaban J connectivity index is 2.00. The Morgan fingerprint density at radius 2 is 1.71 bits per heavy atom. The lowest BCUT2D eigenvalue weighted by Gasteiger charge is -2.05. The first-order chi connectivity index (χ1) is 13.3. The fourth-order valence-corrected chi connectivity index (χ4v) is 3.32. The topological polar surface area (TPSA) is 101 Å². The van der Waals surface area contributed by atoms with Gasteiger partial charge in [-0.3, -0.25) is 10.0 Å². The molecular formula is C20H20N2O5S. The number of oxazole rings is 1. The van der Waals surface area contributed by atoms with Gasteiger partial charge in [0, 0.05) is 37.3 Å². The van der Waals surface area contributed by atoms with Gasteiger partial charge in [-0.1, -0.05) is 42.5 Å². The zero-order valence-electron chi connectivity index (χ0n) is 15.5. The lowest BCUT2D eigenvalue weighted by molar-refractivity contribution is -0.159. The van der Waals surface area contributed by atoms with Crippen molar-refractivity contribution >= 4 is 15.7 Å². The van der Waals surface area contributed by atoms with Crippen molar-refractivity contribution in [2.24, 2.45) is 0 Å². The molecular weight excluding hydrogens is 380 g/mol. The summed E-state index contributed by atoms with van der Waals surface area (Å²) < 4.78 is 29.3. The Hall–Kier alpha value is -2.97. The van der Waals surface area contributed by atoms with Crippen LogP contribution in [-0.4, -0.2) is 42.9 Å². The van der Waals surface area contributed by atoms with E-state index in [1.807, 2.05) is 30.3 Å². The summed E-state index contributed by atoms with van der Waals surface area (Å²) in [6, 6.07) is 15.8. The Morgan fingerprint density at radius 1 is 1.07 bits per heavy atom. The van der Waals surface area contributed by atoms with Crippen molar-refractivity contribution in [2.45, 2.75) is 17.7 Å². The Labute approximate surface area is 163 Å². The van der Waals surface area contributed by atoms with Crippen molar-refractivity contribution in [3.8, 4) is 22.6 Å². The normalized spacial score (nSPS) is 11.4. The highest BCUT2D eigenvalue weighted by atomic mass is 32.2. The van der Waals surface area contributed by atoms with Crippen LogP contribution in [0.1, 0.15) is 12.3 Å². The minimum absolute atomic E-state index is 0.0498. The number of amides is 1. The maximum atomic E-state index is 11.7. The van der Waals surface area contributed by atoms with Crippen molar-refractivity contribution in [1.29, 1.82) is 0 Å². The fraction of sp³-hybridized carbons (Fsp3) is 0.200. The Kier molecular flexibility index (Phi) is 5.62. The van der Waals surface area contributed by atoms with Crippen LogP contribution in [0.5, 0.6) is 0 Å². The Morgan fingerprint density at radius 3 is 2.29 bits per heavy atom. The number of hydrogen-bond acceptors (Lipinski definition) is 6. The first kappa shape index (κ1) is 19.8. The van der Waals surface area contributed by atoms with Crippen molar-refractivity contribution < 1.29 is 22.8 Å². The minimum Gasteiger partial charge on any atom is -0.440 e. The quantitative estimate of drug-likeness (QED) is 0.504. The zero-order valence-corrected chi connectivity index (χ0v) is 16.3. The van der Waals surface area contributed by atoms with Crippen LogP contribution < -0.4 is 0 Å². The summed E-state index contributed by atoms with van der Waals surface area (Å²) in [5, 5.41) is 9.72. The number of hydroxylamine groups is 2. The highest BCUT2D eigenvalue weighted by Gasteiger charge is 2.18. The van der Waals surface area contributed by atoms with E-state index in [2.05, 4.69) is 4.98 Å². The Bertz CT molecular complexity index is 1070. The molecule has 0 spiro atoms. The van der Waals surface area contributed by atoms with Gasteiger partial charge in [-0.15, -0.1) is 0 Å². The van der Waals surface area contributed by atoms with Gasteiger partial charge in [-0.05, 0) is 12.1 Å². The number of sulfone groups is 1. The largest absolute Gasteiger partial charge is 0.440 e. The third-order valence-electron chi connectivity index (χ3n) is 4.18. The van der Waals surface area contributed by atoms with E-state index >= 15 is 0 Å². The van der Waals surface area contributed by atoms with Crippen LogP contribution >= 0.6 is 0 Å². The van der Waals surface area contributed by atoms with E-state index in [9.17, 15) is 18.4 Å². The monoisotopic (exact) mass is 400 g/mol. The average molecular weight is 400 g/mol. The van der Waals surface area contributed by atoms with Gasteiger partial charge in [0.2, 0.25) is 5.91 Å².